The van der Waals surface area contributed by atoms with Gasteiger partial charge in [-0.2, -0.15) is 16.9 Å². The summed E-state index contributed by atoms with van der Waals surface area (Å²) >= 11 is 1.79. The number of nitrogens with zero attached hydrogens (tertiary/aromatic N) is 3. The molecule has 1 aliphatic heterocycles. The molecule has 4 nitrogen and oxygen atoms in total. The van der Waals surface area contributed by atoms with E-state index in [9.17, 15) is 4.39 Å². The van der Waals surface area contributed by atoms with E-state index in [2.05, 4.69) is 11.4 Å². The molecule has 1 aromatic heterocycles. The third-order valence-electron chi connectivity index (χ3n) is 4.04. The Morgan fingerprint density at radius 1 is 1.35 bits per heavy atom. The quantitative estimate of drug-likeness (QED) is 0.812. The van der Waals surface area contributed by atoms with Crippen molar-refractivity contribution in [2.45, 2.75) is 25.7 Å². The van der Waals surface area contributed by atoms with Crippen molar-refractivity contribution in [3.63, 3.8) is 0 Å². The molecule has 2 aromatic rings. The van der Waals surface area contributed by atoms with E-state index in [1.165, 1.54) is 12.1 Å². The van der Waals surface area contributed by atoms with Gasteiger partial charge in [0.25, 0.3) is 0 Å². The first-order chi connectivity index (χ1) is 11.3. The van der Waals surface area contributed by atoms with Gasteiger partial charge in [-0.05, 0) is 49.3 Å². The first kappa shape index (κ1) is 16.5. The SMILES string of the molecule is CSCCc1nc(C[C@@H]2CCCOC2)n(-c2ccc(F)cc2)n1. The third kappa shape index (κ3) is 4.32. The Kier molecular flexibility index (Phi) is 5.67. The molecule has 0 unspecified atom stereocenters. The number of hydrogen-bond donors (Lipinski definition) is 0. The van der Waals surface area contributed by atoms with Crippen LogP contribution in [0.15, 0.2) is 24.3 Å². The molecule has 0 aliphatic carbocycles. The lowest BCUT2D eigenvalue weighted by molar-refractivity contribution is 0.0541. The molecule has 1 saturated heterocycles. The molecular formula is C17H22FN3OS. The van der Waals surface area contributed by atoms with Crippen molar-refractivity contribution in [2.75, 3.05) is 25.2 Å². The van der Waals surface area contributed by atoms with Crippen LogP contribution in [0, 0.1) is 11.7 Å². The van der Waals surface area contributed by atoms with Crippen LogP contribution in [0.25, 0.3) is 5.69 Å². The Bertz CT molecular complexity index is 623. The predicted molar refractivity (Wildman–Crippen MR) is 90.7 cm³/mol. The molecule has 6 heteroatoms. The van der Waals surface area contributed by atoms with Crippen LogP contribution in [0.4, 0.5) is 4.39 Å². The minimum atomic E-state index is -0.237. The van der Waals surface area contributed by atoms with Crippen LogP contribution in [0.5, 0.6) is 0 Å². The zero-order chi connectivity index (χ0) is 16.1. The highest BCUT2D eigenvalue weighted by atomic mass is 32.2. The molecule has 0 N–H and O–H groups in total. The Hall–Kier alpha value is -1.40. The molecule has 0 radical (unpaired) electrons. The molecular weight excluding hydrogens is 313 g/mol. The lowest BCUT2D eigenvalue weighted by atomic mass is 9.98. The topological polar surface area (TPSA) is 39.9 Å². The summed E-state index contributed by atoms with van der Waals surface area (Å²) in [6.45, 7) is 1.65. The maximum atomic E-state index is 13.2. The number of rotatable bonds is 6. The van der Waals surface area contributed by atoms with E-state index in [1.54, 1.807) is 23.9 Å². The summed E-state index contributed by atoms with van der Waals surface area (Å²) in [6.07, 6.45) is 6.05. The van der Waals surface area contributed by atoms with Crippen LogP contribution < -0.4 is 0 Å². The van der Waals surface area contributed by atoms with E-state index in [-0.39, 0.29) is 5.82 Å². The molecule has 1 aliphatic rings. The Balaban J connectivity index is 1.85. The fraction of sp³-hybridized carbons (Fsp3) is 0.529. The molecule has 1 atom stereocenters. The smallest absolute Gasteiger partial charge is 0.152 e. The monoisotopic (exact) mass is 335 g/mol. The van der Waals surface area contributed by atoms with Crippen LogP contribution >= 0.6 is 11.8 Å². The molecule has 0 spiro atoms. The average Bonchev–Trinajstić information content (AvgIpc) is 2.97. The summed E-state index contributed by atoms with van der Waals surface area (Å²) in [6, 6.07) is 6.44. The zero-order valence-electron chi connectivity index (χ0n) is 13.4. The van der Waals surface area contributed by atoms with Crippen LogP contribution in [-0.2, 0) is 17.6 Å². The van der Waals surface area contributed by atoms with Crippen LogP contribution in [0.2, 0.25) is 0 Å². The third-order valence-corrected chi connectivity index (χ3v) is 4.66. The lowest BCUT2D eigenvalue weighted by Gasteiger charge is -2.21. The Morgan fingerprint density at radius 2 is 2.17 bits per heavy atom. The first-order valence-corrected chi connectivity index (χ1v) is 9.43. The van der Waals surface area contributed by atoms with Gasteiger partial charge in [-0.15, -0.1) is 0 Å². The second-order valence-corrected chi connectivity index (χ2v) is 6.85. The van der Waals surface area contributed by atoms with E-state index >= 15 is 0 Å². The number of aryl methyl sites for hydroxylation is 1. The normalized spacial score (nSPS) is 18.3. The van der Waals surface area contributed by atoms with Crippen LogP contribution in [0.3, 0.4) is 0 Å². The van der Waals surface area contributed by atoms with Crippen molar-refractivity contribution >= 4 is 11.8 Å². The minimum absolute atomic E-state index is 0.237. The standard InChI is InChI=1S/C17H22FN3OS/c1-23-10-8-16-19-17(11-13-3-2-9-22-12-13)21(20-16)15-6-4-14(18)5-7-15/h4-7,13H,2-3,8-12H2,1H3/t13-/m0/s1. The van der Waals surface area contributed by atoms with Gasteiger partial charge in [0.2, 0.25) is 0 Å². The van der Waals surface area contributed by atoms with Gasteiger partial charge in [-0.25, -0.2) is 14.1 Å². The number of aromatic nitrogens is 3. The molecule has 0 amide bonds. The van der Waals surface area contributed by atoms with E-state index < -0.39 is 0 Å². The van der Waals surface area contributed by atoms with Crippen molar-refractivity contribution in [3.8, 4) is 5.69 Å². The molecule has 1 fully saturated rings. The fourth-order valence-electron chi connectivity index (χ4n) is 2.84. The van der Waals surface area contributed by atoms with Gasteiger partial charge in [0.1, 0.15) is 11.6 Å². The number of thioether (sulfide) groups is 1. The number of benzene rings is 1. The largest absolute Gasteiger partial charge is 0.381 e. The van der Waals surface area contributed by atoms with E-state index in [0.717, 1.165) is 62.0 Å². The summed E-state index contributed by atoms with van der Waals surface area (Å²) in [7, 11) is 0. The minimum Gasteiger partial charge on any atom is -0.381 e. The van der Waals surface area contributed by atoms with Gasteiger partial charge in [0, 0.05) is 31.8 Å². The molecule has 0 saturated carbocycles. The first-order valence-electron chi connectivity index (χ1n) is 8.03. The molecule has 0 bridgehead atoms. The summed E-state index contributed by atoms with van der Waals surface area (Å²) < 4.78 is 20.6. The molecule has 2 heterocycles. The van der Waals surface area contributed by atoms with Crippen molar-refractivity contribution < 1.29 is 9.13 Å². The molecule has 3 rings (SSSR count). The fourth-order valence-corrected chi connectivity index (χ4v) is 3.23. The predicted octanol–water partition coefficient (Wildman–Crippen LogP) is 3.28. The molecule has 1 aromatic carbocycles. The van der Waals surface area contributed by atoms with Gasteiger partial charge in [-0.3, -0.25) is 0 Å². The highest BCUT2D eigenvalue weighted by Gasteiger charge is 2.19. The summed E-state index contributed by atoms with van der Waals surface area (Å²) in [5.41, 5.74) is 0.862. The maximum Gasteiger partial charge on any atom is 0.152 e. The highest BCUT2D eigenvalue weighted by molar-refractivity contribution is 7.98. The molecule has 124 valence electrons. The van der Waals surface area contributed by atoms with Crippen LogP contribution in [-0.4, -0.2) is 40.0 Å². The zero-order valence-corrected chi connectivity index (χ0v) is 14.2. The van der Waals surface area contributed by atoms with Crippen molar-refractivity contribution in [1.82, 2.24) is 14.8 Å². The summed E-state index contributed by atoms with van der Waals surface area (Å²) in [5.74, 6) is 3.05. The number of halogens is 1. The van der Waals surface area contributed by atoms with Crippen molar-refractivity contribution in [1.29, 1.82) is 0 Å². The maximum absolute atomic E-state index is 13.2. The van der Waals surface area contributed by atoms with Gasteiger partial charge in [0.05, 0.1) is 5.69 Å². The van der Waals surface area contributed by atoms with Gasteiger partial charge in [-0.1, -0.05) is 0 Å². The summed E-state index contributed by atoms with van der Waals surface area (Å²) in [5, 5.41) is 4.64. The second kappa shape index (κ2) is 7.93. The Morgan fingerprint density at radius 3 is 2.87 bits per heavy atom. The second-order valence-electron chi connectivity index (χ2n) is 5.86. The van der Waals surface area contributed by atoms with Crippen molar-refractivity contribution in [2.24, 2.45) is 5.92 Å². The summed E-state index contributed by atoms with van der Waals surface area (Å²) in [4.78, 5) is 4.73. The van der Waals surface area contributed by atoms with Crippen LogP contribution in [0.1, 0.15) is 24.5 Å². The highest BCUT2D eigenvalue weighted by Crippen LogP contribution is 2.20. The molecule has 23 heavy (non-hydrogen) atoms. The van der Waals surface area contributed by atoms with Gasteiger partial charge < -0.3 is 4.74 Å². The number of ether oxygens (including phenoxy) is 1. The Labute approximate surface area is 140 Å². The average molecular weight is 335 g/mol. The lowest BCUT2D eigenvalue weighted by Crippen LogP contribution is -2.21. The van der Waals surface area contributed by atoms with Crippen molar-refractivity contribution in [3.05, 3.63) is 41.7 Å². The number of hydrogen-bond acceptors (Lipinski definition) is 4. The van der Waals surface area contributed by atoms with E-state index in [4.69, 9.17) is 9.72 Å². The van der Waals surface area contributed by atoms with E-state index in [0.29, 0.717) is 5.92 Å². The van der Waals surface area contributed by atoms with Gasteiger partial charge in [0.15, 0.2) is 5.82 Å². The van der Waals surface area contributed by atoms with E-state index in [1.807, 2.05) is 4.68 Å². The van der Waals surface area contributed by atoms with Gasteiger partial charge >= 0.3 is 0 Å².